The molecule has 1 aliphatic heterocycles. The third kappa shape index (κ3) is 2.72. The molecule has 1 spiro atoms. The third-order valence-electron chi connectivity index (χ3n) is 6.41. The lowest BCUT2D eigenvalue weighted by atomic mass is 9.59. The van der Waals surface area contributed by atoms with E-state index in [9.17, 15) is 5.11 Å². The zero-order valence-corrected chi connectivity index (χ0v) is 15.7. The molecule has 140 valence electrons. The van der Waals surface area contributed by atoms with Gasteiger partial charge in [0.05, 0.1) is 11.1 Å². The van der Waals surface area contributed by atoms with Crippen molar-refractivity contribution in [2.75, 3.05) is 6.61 Å². The van der Waals surface area contributed by atoms with Crippen LogP contribution in [0, 0.1) is 11.8 Å². The molecule has 4 unspecified atom stereocenters. The van der Waals surface area contributed by atoms with Crippen molar-refractivity contribution in [1.29, 1.82) is 0 Å². The molecule has 1 aromatic heterocycles. The number of pyridine rings is 1. The van der Waals surface area contributed by atoms with E-state index in [0.29, 0.717) is 23.5 Å². The minimum Gasteiger partial charge on any atom is -0.462 e. The van der Waals surface area contributed by atoms with E-state index >= 15 is 0 Å². The fraction of sp³-hybridized carbons (Fsp3) is 0.429. The van der Waals surface area contributed by atoms with Gasteiger partial charge in [-0.2, -0.15) is 0 Å². The zero-order chi connectivity index (χ0) is 18.6. The van der Waals surface area contributed by atoms with E-state index in [0.717, 1.165) is 36.8 Å². The lowest BCUT2D eigenvalue weighted by molar-refractivity contribution is 0.0195. The molecule has 0 saturated heterocycles. The molecule has 5 rings (SSSR count). The molecule has 27 heavy (non-hydrogen) atoms. The number of rotatable bonds is 1. The number of aliphatic hydroxyl groups is 1. The lowest BCUT2D eigenvalue weighted by Gasteiger charge is -2.47. The Labute approximate surface area is 163 Å². The summed E-state index contributed by atoms with van der Waals surface area (Å²) >= 11 is 6.14. The van der Waals surface area contributed by atoms with Gasteiger partial charge in [-0.05, 0) is 66.3 Å². The molecular weight excluding hydrogens is 362 g/mol. The molecule has 6 heteroatoms. The summed E-state index contributed by atoms with van der Waals surface area (Å²) in [5, 5.41) is 10.8. The van der Waals surface area contributed by atoms with Crippen molar-refractivity contribution in [1.82, 2.24) is 4.98 Å². The number of aliphatic hydroxyl groups excluding tert-OH is 1. The number of hydrogen-bond acceptors (Lipinski definition) is 5. The Kier molecular flexibility index (Phi) is 3.92. The number of ether oxygens (including phenoxy) is 1. The van der Waals surface area contributed by atoms with Crippen LogP contribution in [0.3, 0.4) is 0 Å². The van der Waals surface area contributed by atoms with Crippen LogP contribution in [0.4, 0.5) is 0 Å². The molecule has 4 atom stereocenters. The molecule has 5 nitrogen and oxygen atoms in total. The summed E-state index contributed by atoms with van der Waals surface area (Å²) in [6.07, 6.45) is 6.78. The van der Waals surface area contributed by atoms with Gasteiger partial charge >= 0.3 is 0 Å². The Morgan fingerprint density at radius 1 is 1.19 bits per heavy atom. The molecule has 2 aromatic rings. The summed E-state index contributed by atoms with van der Waals surface area (Å²) in [5.41, 5.74) is 10.0. The molecule has 2 aliphatic carbocycles. The molecule has 1 aromatic carbocycles. The largest absolute Gasteiger partial charge is 0.462 e. The highest BCUT2D eigenvalue weighted by molar-refractivity contribution is 6.30. The van der Waals surface area contributed by atoms with Crippen LogP contribution in [0.2, 0.25) is 5.02 Å². The van der Waals surface area contributed by atoms with Crippen LogP contribution in [0.25, 0.3) is 11.1 Å². The minimum atomic E-state index is -0.454. The highest BCUT2D eigenvalue weighted by Crippen LogP contribution is 2.53. The molecule has 3 N–H and O–H groups in total. The van der Waals surface area contributed by atoms with Gasteiger partial charge in [0.25, 0.3) is 6.02 Å². The number of halogens is 1. The summed E-state index contributed by atoms with van der Waals surface area (Å²) in [6.45, 7) is 0.473. The Balaban J connectivity index is 1.65. The molecular formula is C21H22ClN3O2. The van der Waals surface area contributed by atoms with Gasteiger partial charge in [-0.25, -0.2) is 4.99 Å². The second kappa shape index (κ2) is 6.21. The van der Waals surface area contributed by atoms with E-state index in [1.165, 1.54) is 11.1 Å². The van der Waals surface area contributed by atoms with Gasteiger partial charge in [-0.3, -0.25) is 4.98 Å². The van der Waals surface area contributed by atoms with Crippen molar-refractivity contribution in [2.24, 2.45) is 22.6 Å². The van der Waals surface area contributed by atoms with E-state index < -0.39 is 5.54 Å². The van der Waals surface area contributed by atoms with Crippen molar-refractivity contribution in [2.45, 2.75) is 37.3 Å². The second-order valence-electron chi connectivity index (χ2n) is 7.96. The average molecular weight is 384 g/mol. The SMILES string of the molecule is NC1=NC2(CO1)c1cc(-c3cncc(Cl)c3)ccc1CC1CC(O)CCC12. The Morgan fingerprint density at radius 3 is 2.85 bits per heavy atom. The summed E-state index contributed by atoms with van der Waals surface area (Å²) in [7, 11) is 0. The Bertz CT molecular complexity index is 931. The highest BCUT2D eigenvalue weighted by Gasteiger charge is 2.53. The van der Waals surface area contributed by atoms with Crippen molar-refractivity contribution in [3.05, 3.63) is 52.8 Å². The number of nitrogens with zero attached hydrogens (tertiary/aromatic N) is 2. The lowest BCUT2D eigenvalue weighted by Crippen LogP contribution is -2.47. The van der Waals surface area contributed by atoms with Gasteiger partial charge in [0, 0.05) is 18.0 Å². The number of aliphatic imine (C=N–C) groups is 1. The van der Waals surface area contributed by atoms with E-state index in [1.54, 1.807) is 6.20 Å². The van der Waals surface area contributed by atoms with Crippen LogP contribution in [-0.2, 0) is 16.7 Å². The first-order chi connectivity index (χ1) is 13.0. The number of aromatic nitrogens is 1. The second-order valence-corrected chi connectivity index (χ2v) is 8.40. The third-order valence-corrected chi connectivity index (χ3v) is 6.62. The van der Waals surface area contributed by atoms with Crippen molar-refractivity contribution in [3.8, 4) is 11.1 Å². The van der Waals surface area contributed by atoms with Gasteiger partial charge in [-0.15, -0.1) is 0 Å². The normalized spacial score (nSPS) is 31.8. The van der Waals surface area contributed by atoms with Crippen molar-refractivity contribution >= 4 is 17.6 Å². The molecule has 1 saturated carbocycles. The zero-order valence-electron chi connectivity index (χ0n) is 14.9. The summed E-state index contributed by atoms with van der Waals surface area (Å²) in [6, 6.07) is 8.68. The van der Waals surface area contributed by atoms with Gasteiger partial charge in [0.15, 0.2) is 0 Å². The van der Waals surface area contributed by atoms with Crippen LogP contribution >= 0.6 is 11.6 Å². The summed E-state index contributed by atoms with van der Waals surface area (Å²) in [5.74, 6) is 0.736. The van der Waals surface area contributed by atoms with Crippen LogP contribution in [0.15, 0.2) is 41.7 Å². The maximum atomic E-state index is 10.2. The number of amidine groups is 1. The first-order valence-corrected chi connectivity index (χ1v) is 9.83. The molecule has 2 heterocycles. The van der Waals surface area contributed by atoms with Gasteiger partial charge < -0.3 is 15.6 Å². The van der Waals surface area contributed by atoms with Crippen LogP contribution in [-0.4, -0.2) is 28.8 Å². The molecule has 0 bridgehead atoms. The van der Waals surface area contributed by atoms with E-state index in [-0.39, 0.29) is 12.1 Å². The Morgan fingerprint density at radius 2 is 2.07 bits per heavy atom. The summed E-state index contributed by atoms with van der Waals surface area (Å²) in [4.78, 5) is 9.05. The minimum absolute atomic E-state index is 0.217. The van der Waals surface area contributed by atoms with Crippen LogP contribution in [0.5, 0.6) is 0 Å². The van der Waals surface area contributed by atoms with E-state index in [2.05, 4.69) is 23.2 Å². The van der Waals surface area contributed by atoms with Gasteiger partial charge in [0.1, 0.15) is 12.1 Å². The molecule has 0 radical (unpaired) electrons. The first kappa shape index (κ1) is 17.0. The van der Waals surface area contributed by atoms with Crippen molar-refractivity contribution in [3.63, 3.8) is 0 Å². The first-order valence-electron chi connectivity index (χ1n) is 9.46. The maximum Gasteiger partial charge on any atom is 0.283 e. The number of nitrogens with two attached hydrogens (primary N) is 1. The standard InChI is InChI=1S/C21H22ClN3O2/c22-16-6-15(9-24-10-16)12-1-2-13-5-14-7-17(26)3-4-18(14)21(19(13)8-12)11-27-20(23)25-21/h1-2,6,8-10,14,17-18,26H,3-5,7,11H2,(H2,23,25). The highest BCUT2D eigenvalue weighted by atomic mass is 35.5. The fourth-order valence-corrected chi connectivity index (χ4v) is 5.43. The molecule has 0 amide bonds. The van der Waals surface area contributed by atoms with E-state index in [1.807, 2.05) is 12.3 Å². The topological polar surface area (TPSA) is 80.7 Å². The predicted octanol–water partition coefficient (Wildman–Crippen LogP) is 3.28. The van der Waals surface area contributed by atoms with Gasteiger partial charge in [-0.1, -0.05) is 23.7 Å². The monoisotopic (exact) mass is 383 g/mol. The quantitative estimate of drug-likeness (QED) is 0.791. The maximum absolute atomic E-state index is 10.2. The van der Waals surface area contributed by atoms with Gasteiger partial charge in [0.2, 0.25) is 0 Å². The number of hydrogen-bond donors (Lipinski definition) is 2. The Hall–Kier alpha value is -2.11. The van der Waals surface area contributed by atoms with E-state index in [4.69, 9.17) is 27.1 Å². The molecule has 1 fully saturated rings. The fourth-order valence-electron chi connectivity index (χ4n) is 5.26. The number of fused-ring (bicyclic) bond motifs is 4. The average Bonchev–Trinajstić information content (AvgIpc) is 3.04. The number of benzene rings is 1. The smallest absolute Gasteiger partial charge is 0.283 e. The van der Waals surface area contributed by atoms with Crippen LogP contribution in [0.1, 0.15) is 30.4 Å². The predicted molar refractivity (Wildman–Crippen MR) is 104 cm³/mol. The summed E-state index contributed by atoms with van der Waals surface area (Å²) < 4.78 is 5.68. The van der Waals surface area contributed by atoms with Crippen molar-refractivity contribution < 1.29 is 9.84 Å². The van der Waals surface area contributed by atoms with Crippen LogP contribution < -0.4 is 5.73 Å². The molecule has 3 aliphatic rings.